The highest BCUT2D eigenvalue weighted by Crippen LogP contribution is 2.26. The zero-order valence-corrected chi connectivity index (χ0v) is 13.7. The summed E-state index contributed by atoms with van der Waals surface area (Å²) in [6, 6.07) is 10.00. The molecule has 0 aliphatic rings. The third kappa shape index (κ3) is 2.69. The number of H-pyrrole nitrogens is 1. The van der Waals surface area contributed by atoms with Crippen molar-refractivity contribution in [3.63, 3.8) is 0 Å². The van der Waals surface area contributed by atoms with E-state index in [4.69, 9.17) is 0 Å². The van der Waals surface area contributed by atoms with Gasteiger partial charge in [-0.3, -0.25) is 14.4 Å². The van der Waals surface area contributed by atoms with Gasteiger partial charge in [-0.1, -0.05) is 6.07 Å². The number of nitrogens with one attached hydrogen (secondary N) is 1. The van der Waals surface area contributed by atoms with Crippen molar-refractivity contribution in [2.45, 2.75) is 11.8 Å². The molecule has 0 unspecified atom stereocenters. The molecule has 8 nitrogen and oxygen atoms in total. The Morgan fingerprint density at radius 1 is 1.21 bits per heavy atom. The second-order valence-electron chi connectivity index (χ2n) is 5.25. The first kappa shape index (κ1) is 15.9. The third-order valence-corrected chi connectivity index (χ3v) is 5.42. The normalized spacial score (nSPS) is 11.6. The van der Waals surface area contributed by atoms with Crippen molar-refractivity contribution in [3.8, 4) is 0 Å². The number of nitrogens with zero attached hydrogens (tertiary/aromatic N) is 3. The maximum absolute atomic E-state index is 12.7. The monoisotopic (exact) mass is 346 g/mol. The van der Waals surface area contributed by atoms with Gasteiger partial charge >= 0.3 is 0 Å². The standard InChI is InChI=1S/C15H14N4O4S/c1-10-16-14-7-6-11(9-15(14)17-10)18(2)24(22,23)13-5-3-4-12(8-13)19(20)21/h3-9H,1-2H3,(H,16,17). The average Bonchev–Trinajstić information content (AvgIpc) is 2.93. The number of hydrogen-bond acceptors (Lipinski definition) is 5. The van der Waals surface area contributed by atoms with E-state index in [0.717, 1.165) is 21.7 Å². The van der Waals surface area contributed by atoms with Crippen molar-refractivity contribution in [1.82, 2.24) is 9.97 Å². The predicted molar refractivity (Wildman–Crippen MR) is 89.5 cm³/mol. The van der Waals surface area contributed by atoms with Gasteiger partial charge in [0.25, 0.3) is 15.7 Å². The number of nitro groups is 1. The van der Waals surface area contributed by atoms with Crippen LogP contribution < -0.4 is 4.31 Å². The van der Waals surface area contributed by atoms with Crippen molar-refractivity contribution in [2.75, 3.05) is 11.4 Å². The number of imidazole rings is 1. The van der Waals surface area contributed by atoms with E-state index in [1.807, 2.05) is 6.92 Å². The molecule has 0 saturated heterocycles. The van der Waals surface area contributed by atoms with Crippen LogP contribution in [0.3, 0.4) is 0 Å². The van der Waals surface area contributed by atoms with Gasteiger partial charge < -0.3 is 4.98 Å². The number of aromatic nitrogens is 2. The molecule has 1 aromatic heterocycles. The fourth-order valence-electron chi connectivity index (χ4n) is 2.38. The molecule has 0 bridgehead atoms. The number of sulfonamides is 1. The lowest BCUT2D eigenvalue weighted by Gasteiger charge is -2.19. The first-order valence-electron chi connectivity index (χ1n) is 6.99. The van der Waals surface area contributed by atoms with Gasteiger partial charge in [-0.15, -0.1) is 0 Å². The van der Waals surface area contributed by atoms with E-state index >= 15 is 0 Å². The summed E-state index contributed by atoms with van der Waals surface area (Å²) in [5, 5.41) is 10.9. The molecular formula is C15H14N4O4S. The first-order valence-corrected chi connectivity index (χ1v) is 8.43. The van der Waals surface area contributed by atoms with Crippen molar-refractivity contribution in [2.24, 2.45) is 0 Å². The summed E-state index contributed by atoms with van der Waals surface area (Å²) < 4.78 is 26.5. The topological polar surface area (TPSA) is 109 Å². The molecule has 3 rings (SSSR count). The van der Waals surface area contributed by atoms with Crippen molar-refractivity contribution < 1.29 is 13.3 Å². The van der Waals surface area contributed by atoms with Crippen LogP contribution in [0.25, 0.3) is 11.0 Å². The van der Waals surface area contributed by atoms with E-state index in [0.29, 0.717) is 11.2 Å². The van der Waals surface area contributed by atoms with Crippen LogP contribution in [-0.2, 0) is 10.0 Å². The van der Waals surface area contributed by atoms with Gasteiger partial charge in [0.2, 0.25) is 0 Å². The molecule has 0 aliphatic heterocycles. The number of non-ortho nitro benzene ring substituents is 1. The summed E-state index contributed by atoms with van der Waals surface area (Å²) in [5.41, 5.74) is 1.60. The number of rotatable bonds is 4. The number of aromatic amines is 1. The molecule has 1 heterocycles. The van der Waals surface area contributed by atoms with E-state index in [-0.39, 0.29) is 10.6 Å². The molecule has 124 valence electrons. The lowest BCUT2D eigenvalue weighted by molar-refractivity contribution is -0.385. The second-order valence-corrected chi connectivity index (χ2v) is 7.22. The number of nitro benzene ring substituents is 1. The number of anilines is 1. The van der Waals surface area contributed by atoms with Gasteiger partial charge in [0, 0.05) is 19.2 Å². The van der Waals surface area contributed by atoms with Gasteiger partial charge in [0.15, 0.2) is 0 Å². The molecular weight excluding hydrogens is 332 g/mol. The summed E-state index contributed by atoms with van der Waals surface area (Å²) in [7, 11) is -2.51. The molecule has 2 aromatic carbocycles. The smallest absolute Gasteiger partial charge is 0.270 e. The molecule has 0 aliphatic carbocycles. The molecule has 0 amide bonds. The Kier molecular flexibility index (Phi) is 3.72. The molecule has 0 radical (unpaired) electrons. The zero-order chi connectivity index (χ0) is 17.5. The third-order valence-electron chi connectivity index (χ3n) is 3.63. The van der Waals surface area contributed by atoms with E-state index < -0.39 is 14.9 Å². The minimum atomic E-state index is -3.92. The first-order chi connectivity index (χ1) is 11.3. The van der Waals surface area contributed by atoms with Crippen LogP contribution in [0.1, 0.15) is 5.82 Å². The van der Waals surface area contributed by atoms with Gasteiger partial charge in [0.05, 0.1) is 26.5 Å². The molecule has 1 N–H and O–H groups in total. The fourth-order valence-corrected chi connectivity index (χ4v) is 3.60. The van der Waals surface area contributed by atoms with Crippen LogP contribution in [0.15, 0.2) is 47.4 Å². The van der Waals surface area contributed by atoms with Crippen molar-refractivity contribution in [1.29, 1.82) is 0 Å². The summed E-state index contributed by atoms with van der Waals surface area (Å²) in [5.74, 6) is 0.728. The molecule has 0 atom stereocenters. The fraction of sp³-hybridized carbons (Fsp3) is 0.133. The lowest BCUT2D eigenvalue weighted by Crippen LogP contribution is -2.26. The quantitative estimate of drug-likeness (QED) is 0.577. The van der Waals surface area contributed by atoms with E-state index in [1.165, 1.54) is 25.2 Å². The molecule has 0 spiro atoms. The minimum absolute atomic E-state index is 0.139. The van der Waals surface area contributed by atoms with Gasteiger partial charge in [-0.25, -0.2) is 13.4 Å². The highest BCUT2D eigenvalue weighted by Gasteiger charge is 2.23. The van der Waals surface area contributed by atoms with E-state index in [2.05, 4.69) is 9.97 Å². The molecule has 0 saturated carbocycles. The van der Waals surface area contributed by atoms with Crippen molar-refractivity contribution >= 4 is 32.4 Å². The maximum atomic E-state index is 12.7. The van der Waals surface area contributed by atoms with Crippen LogP contribution in [0.2, 0.25) is 0 Å². The number of hydrogen-bond donors (Lipinski definition) is 1. The molecule has 9 heteroatoms. The number of fused-ring (bicyclic) bond motifs is 1. The Labute approximate surface area is 138 Å². The van der Waals surface area contributed by atoms with Crippen molar-refractivity contribution in [3.05, 3.63) is 58.4 Å². The number of benzene rings is 2. The molecule has 3 aromatic rings. The lowest BCUT2D eigenvalue weighted by atomic mass is 10.3. The summed E-state index contributed by atoms with van der Waals surface area (Å²) in [6.45, 7) is 1.81. The summed E-state index contributed by atoms with van der Waals surface area (Å²) in [4.78, 5) is 17.4. The Morgan fingerprint density at radius 2 is 1.96 bits per heavy atom. The Bertz CT molecular complexity index is 1040. The maximum Gasteiger partial charge on any atom is 0.270 e. The van der Waals surface area contributed by atoms with Crippen LogP contribution in [-0.4, -0.2) is 30.4 Å². The second kappa shape index (κ2) is 5.60. The zero-order valence-electron chi connectivity index (χ0n) is 12.9. The molecule has 0 fully saturated rings. The Morgan fingerprint density at radius 3 is 2.67 bits per heavy atom. The van der Waals surface area contributed by atoms with E-state index in [9.17, 15) is 18.5 Å². The largest absolute Gasteiger partial charge is 0.342 e. The average molecular weight is 346 g/mol. The molecule has 24 heavy (non-hydrogen) atoms. The van der Waals surface area contributed by atoms with Crippen LogP contribution >= 0.6 is 0 Å². The highest BCUT2D eigenvalue weighted by molar-refractivity contribution is 7.92. The Balaban J connectivity index is 2.04. The van der Waals surface area contributed by atoms with Gasteiger partial charge in [-0.2, -0.15) is 0 Å². The van der Waals surface area contributed by atoms with E-state index in [1.54, 1.807) is 18.2 Å². The van der Waals surface area contributed by atoms with Crippen LogP contribution in [0.5, 0.6) is 0 Å². The predicted octanol–water partition coefficient (Wildman–Crippen LogP) is 2.60. The van der Waals surface area contributed by atoms with Gasteiger partial charge in [0.1, 0.15) is 5.82 Å². The van der Waals surface area contributed by atoms with Crippen LogP contribution in [0, 0.1) is 17.0 Å². The SMILES string of the molecule is Cc1nc2ccc(N(C)S(=O)(=O)c3cccc([N+](=O)[O-])c3)cc2[nH]1. The van der Waals surface area contributed by atoms with Crippen LogP contribution in [0.4, 0.5) is 11.4 Å². The minimum Gasteiger partial charge on any atom is -0.342 e. The summed E-state index contributed by atoms with van der Waals surface area (Å²) >= 11 is 0. The Hall–Kier alpha value is -2.94. The highest BCUT2D eigenvalue weighted by atomic mass is 32.2. The van der Waals surface area contributed by atoms with Gasteiger partial charge in [-0.05, 0) is 31.2 Å². The summed E-state index contributed by atoms with van der Waals surface area (Å²) in [6.07, 6.45) is 0. The number of aryl methyl sites for hydroxylation is 1.